The summed E-state index contributed by atoms with van der Waals surface area (Å²) in [5, 5.41) is 9.70. The van der Waals surface area contributed by atoms with Crippen molar-refractivity contribution < 1.29 is 23.4 Å². The summed E-state index contributed by atoms with van der Waals surface area (Å²) < 4.78 is 30.4. The maximum atomic E-state index is 14.0. The minimum atomic E-state index is -0.818. The molecule has 30 heavy (non-hydrogen) atoms. The van der Waals surface area contributed by atoms with Crippen LogP contribution in [0.4, 0.5) is 4.39 Å². The number of benzene rings is 1. The van der Waals surface area contributed by atoms with Gasteiger partial charge in [0.25, 0.3) is 0 Å². The molecule has 0 bridgehead atoms. The largest absolute Gasteiger partial charge is 0.463 e. The molecule has 1 unspecified atom stereocenters. The number of allylic oxidation sites excluding steroid dienone is 2. The Morgan fingerprint density at radius 2 is 2.07 bits per heavy atom. The van der Waals surface area contributed by atoms with Gasteiger partial charge in [-0.25, -0.2) is 9.18 Å². The molecule has 1 aromatic rings. The van der Waals surface area contributed by atoms with Crippen molar-refractivity contribution in [2.24, 2.45) is 5.73 Å². The van der Waals surface area contributed by atoms with Crippen molar-refractivity contribution in [1.82, 2.24) is 0 Å². The predicted molar refractivity (Wildman–Crippen MR) is 110 cm³/mol. The summed E-state index contributed by atoms with van der Waals surface area (Å²) in [6.07, 6.45) is 4.25. The van der Waals surface area contributed by atoms with E-state index in [0.717, 1.165) is 25.7 Å². The highest BCUT2D eigenvalue weighted by molar-refractivity contribution is 5.92. The van der Waals surface area contributed by atoms with Crippen LogP contribution in [0.2, 0.25) is 0 Å². The topological polar surface area (TPSA) is 94.6 Å². The molecule has 0 saturated heterocycles. The Morgan fingerprint density at radius 3 is 2.73 bits per heavy atom. The smallest absolute Gasteiger partial charge is 0.338 e. The highest BCUT2D eigenvalue weighted by atomic mass is 19.1. The van der Waals surface area contributed by atoms with E-state index in [2.05, 4.69) is 6.92 Å². The lowest BCUT2D eigenvalue weighted by Crippen LogP contribution is -2.26. The van der Waals surface area contributed by atoms with Crippen LogP contribution in [0.5, 0.6) is 0 Å². The van der Waals surface area contributed by atoms with Crippen LogP contribution in [0.15, 0.2) is 41.0 Å². The molecule has 7 heteroatoms. The summed E-state index contributed by atoms with van der Waals surface area (Å²) in [5.74, 6) is -1.67. The number of rotatable bonds is 10. The first-order chi connectivity index (χ1) is 14.4. The number of carbonyl (C=O) groups is 1. The van der Waals surface area contributed by atoms with Crippen molar-refractivity contribution in [2.75, 3.05) is 13.2 Å². The number of nitrogens with zero attached hydrogens (tertiary/aromatic N) is 1. The number of esters is 1. The molecule has 1 aliphatic heterocycles. The summed E-state index contributed by atoms with van der Waals surface area (Å²) in [7, 11) is 0. The number of ether oxygens (including phenoxy) is 3. The zero-order valence-electron chi connectivity index (χ0n) is 17.8. The molecule has 2 N–H and O–H groups in total. The molecular weight excluding hydrogens is 387 g/mol. The van der Waals surface area contributed by atoms with E-state index in [1.807, 2.05) is 6.07 Å². The first-order valence-electron chi connectivity index (χ1n) is 10.3. The lowest BCUT2D eigenvalue weighted by Gasteiger charge is -2.28. The average molecular weight is 416 g/mol. The van der Waals surface area contributed by atoms with Crippen LogP contribution < -0.4 is 5.73 Å². The van der Waals surface area contributed by atoms with Gasteiger partial charge in [0.1, 0.15) is 23.2 Å². The summed E-state index contributed by atoms with van der Waals surface area (Å²) in [4.78, 5) is 12.7. The van der Waals surface area contributed by atoms with Crippen molar-refractivity contribution in [1.29, 1.82) is 5.26 Å². The van der Waals surface area contributed by atoms with E-state index in [0.29, 0.717) is 17.7 Å². The van der Waals surface area contributed by atoms with E-state index in [1.165, 1.54) is 12.1 Å². The number of nitrogens with two attached hydrogens (primary N) is 1. The fraction of sp³-hybridized carbons (Fsp3) is 0.478. The molecule has 1 aliphatic rings. The molecule has 162 valence electrons. The van der Waals surface area contributed by atoms with Crippen LogP contribution in [-0.2, 0) is 25.6 Å². The van der Waals surface area contributed by atoms with Gasteiger partial charge in [0.2, 0.25) is 5.88 Å². The summed E-state index contributed by atoms with van der Waals surface area (Å²) >= 11 is 0. The fourth-order valence-corrected chi connectivity index (χ4v) is 3.46. The SMILES string of the molecule is CCCCCCOCc1cc(F)ccc1C1C(C#N)=C(N)OC(C)=C1C(=O)OCC. The van der Waals surface area contributed by atoms with Gasteiger partial charge >= 0.3 is 5.97 Å². The van der Waals surface area contributed by atoms with E-state index in [1.54, 1.807) is 19.9 Å². The predicted octanol–water partition coefficient (Wildman–Crippen LogP) is 4.57. The molecule has 0 amide bonds. The molecule has 0 spiro atoms. The fourth-order valence-electron chi connectivity index (χ4n) is 3.46. The summed E-state index contributed by atoms with van der Waals surface area (Å²) in [6.45, 7) is 6.29. The number of nitriles is 1. The average Bonchev–Trinajstić information content (AvgIpc) is 2.70. The van der Waals surface area contributed by atoms with Gasteiger partial charge in [-0.1, -0.05) is 32.3 Å². The number of hydrogen-bond donors (Lipinski definition) is 1. The number of carbonyl (C=O) groups excluding carboxylic acids is 1. The van der Waals surface area contributed by atoms with Gasteiger partial charge in [0, 0.05) is 6.61 Å². The maximum Gasteiger partial charge on any atom is 0.338 e. The second-order valence-corrected chi connectivity index (χ2v) is 7.07. The van der Waals surface area contributed by atoms with E-state index in [-0.39, 0.29) is 36.0 Å². The Hall–Kier alpha value is -2.85. The van der Waals surface area contributed by atoms with Crippen molar-refractivity contribution in [3.63, 3.8) is 0 Å². The third-order valence-corrected chi connectivity index (χ3v) is 4.92. The summed E-state index contributed by atoms with van der Waals surface area (Å²) in [5.41, 5.74) is 7.31. The van der Waals surface area contributed by atoms with Gasteiger partial charge in [0.15, 0.2) is 0 Å². The van der Waals surface area contributed by atoms with Gasteiger partial charge in [-0.2, -0.15) is 5.26 Å². The van der Waals surface area contributed by atoms with Crippen LogP contribution in [0.25, 0.3) is 0 Å². The van der Waals surface area contributed by atoms with Crippen LogP contribution >= 0.6 is 0 Å². The Balaban J connectivity index is 2.40. The molecule has 0 saturated carbocycles. The molecule has 6 nitrogen and oxygen atoms in total. The minimum absolute atomic E-state index is 0.0798. The second kappa shape index (κ2) is 11.4. The zero-order chi connectivity index (χ0) is 22.1. The molecule has 0 aromatic heterocycles. The minimum Gasteiger partial charge on any atom is -0.463 e. The molecule has 0 fully saturated rings. The van der Waals surface area contributed by atoms with E-state index in [4.69, 9.17) is 19.9 Å². The van der Waals surface area contributed by atoms with Crippen molar-refractivity contribution >= 4 is 5.97 Å². The molecule has 1 aromatic carbocycles. The normalized spacial score (nSPS) is 16.3. The van der Waals surface area contributed by atoms with Crippen LogP contribution in [0, 0.1) is 17.1 Å². The molecule has 1 atom stereocenters. The zero-order valence-corrected chi connectivity index (χ0v) is 17.8. The Morgan fingerprint density at radius 1 is 1.30 bits per heavy atom. The third kappa shape index (κ3) is 5.61. The van der Waals surface area contributed by atoms with E-state index < -0.39 is 17.7 Å². The number of halogens is 1. The van der Waals surface area contributed by atoms with Crippen LogP contribution in [-0.4, -0.2) is 19.2 Å². The highest BCUT2D eigenvalue weighted by Gasteiger charge is 2.37. The second-order valence-electron chi connectivity index (χ2n) is 7.07. The van der Waals surface area contributed by atoms with Crippen LogP contribution in [0.3, 0.4) is 0 Å². The number of hydrogen-bond acceptors (Lipinski definition) is 6. The molecule has 0 aliphatic carbocycles. The van der Waals surface area contributed by atoms with E-state index in [9.17, 15) is 14.4 Å². The summed E-state index contributed by atoms with van der Waals surface area (Å²) in [6, 6.07) is 6.24. The van der Waals surface area contributed by atoms with Crippen molar-refractivity contribution in [3.8, 4) is 6.07 Å². The highest BCUT2D eigenvalue weighted by Crippen LogP contribution is 2.41. The molecular formula is C23H29FN2O4. The van der Waals surface area contributed by atoms with Gasteiger partial charge in [-0.15, -0.1) is 0 Å². The Labute approximate surface area is 177 Å². The van der Waals surface area contributed by atoms with Gasteiger partial charge in [-0.05, 0) is 43.5 Å². The number of unbranched alkanes of at least 4 members (excludes halogenated alkanes) is 3. The van der Waals surface area contributed by atoms with Gasteiger partial charge in [-0.3, -0.25) is 0 Å². The maximum absolute atomic E-state index is 14.0. The Kier molecular flexibility index (Phi) is 8.88. The quantitative estimate of drug-likeness (QED) is 0.444. The lowest BCUT2D eigenvalue weighted by molar-refractivity contribution is -0.139. The van der Waals surface area contributed by atoms with Crippen molar-refractivity contribution in [3.05, 3.63) is 57.9 Å². The van der Waals surface area contributed by atoms with Crippen molar-refractivity contribution in [2.45, 2.75) is 59.0 Å². The first-order valence-corrected chi connectivity index (χ1v) is 10.3. The Bertz CT molecular complexity index is 870. The van der Waals surface area contributed by atoms with Crippen LogP contribution in [0.1, 0.15) is 63.5 Å². The third-order valence-electron chi connectivity index (χ3n) is 4.92. The molecule has 1 heterocycles. The lowest BCUT2D eigenvalue weighted by atomic mass is 9.81. The molecule has 0 radical (unpaired) electrons. The first kappa shape index (κ1) is 23.4. The monoisotopic (exact) mass is 416 g/mol. The standard InChI is InChI=1S/C23H29FN2O4/c1-4-6-7-8-11-28-14-16-12-17(24)9-10-18(16)21-19(13-25)22(26)30-15(3)20(21)23(27)29-5-2/h9-10,12,21H,4-8,11,14,26H2,1-3H3. The van der Waals surface area contributed by atoms with Gasteiger partial charge in [0.05, 0.1) is 24.7 Å². The molecule has 2 rings (SSSR count). The van der Waals surface area contributed by atoms with Gasteiger partial charge < -0.3 is 19.9 Å². The van der Waals surface area contributed by atoms with E-state index >= 15 is 0 Å².